The standard InChI is InChI=1S/C25H30N8O3/c1-6-32-20-10-8-7-9-17(20)27-24(32)18-11-12-26-25(28-18)29-19-15-22(33(34)35)21(16-23(19)36-5)31(4)14-13-30(2)3/h7-12,15-16H,6,13-14H2,1-5H3,(H,26,28,29). The molecule has 0 amide bonds. The number of para-hydroxylation sites is 2. The summed E-state index contributed by atoms with van der Waals surface area (Å²) >= 11 is 0. The third-order valence-corrected chi connectivity index (χ3v) is 5.89. The Morgan fingerprint density at radius 3 is 2.58 bits per heavy atom. The second-order valence-electron chi connectivity index (χ2n) is 8.58. The molecule has 0 saturated carbocycles. The third kappa shape index (κ3) is 5.05. The van der Waals surface area contributed by atoms with Crippen molar-refractivity contribution in [1.29, 1.82) is 0 Å². The van der Waals surface area contributed by atoms with Crippen molar-refractivity contribution in [2.24, 2.45) is 0 Å². The van der Waals surface area contributed by atoms with Crippen LogP contribution in [0.3, 0.4) is 0 Å². The van der Waals surface area contributed by atoms with E-state index >= 15 is 0 Å². The lowest BCUT2D eigenvalue weighted by Gasteiger charge is -2.22. The molecule has 0 aliphatic carbocycles. The number of likely N-dealkylation sites (N-methyl/N-ethyl adjacent to an activating group) is 2. The van der Waals surface area contributed by atoms with E-state index in [1.807, 2.05) is 55.2 Å². The average molecular weight is 491 g/mol. The minimum Gasteiger partial charge on any atom is -0.494 e. The second kappa shape index (κ2) is 10.6. The van der Waals surface area contributed by atoms with Crippen molar-refractivity contribution >= 4 is 34.0 Å². The molecule has 1 N–H and O–H groups in total. The largest absolute Gasteiger partial charge is 0.494 e. The Balaban J connectivity index is 1.70. The van der Waals surface area contributed by atoms with Crippen LogP contribution in [0, 0.1) is 10.1 Å². The van der Waals surface area contributed by atoms with Crippen molar-refractivity contribution in [3.05, 3.63) is 58.8 Å². The number of anilines is 3. The van der Waals surface area contributed by atoms with Crippen LogP contribution in [-0.4, -0.2) is 70.7 Å². The summed E-state index contributed by atoms with van der Waals surface area (Å²) < 4.78 is 7.65. The molecule has 0 spiro atoms. The van der Waals surface area contributed by atoms with Gasteiger partial charge in [-0.25, -0.2) is 15.0 Å². The number of benzene rings is 2. The summed E-state index contributed by atoms with van der Waals surface area (Å²) in [5, 5.41) is 15.0. The van der Waals surface area contributed by atoms with Crippen molar-refractivity contribution in [3.8, 4) is 17.3 Å². The highest BCUT2D eigenvalue weighted by atomic mass is 16.6. The molecular weight excluding hydrogens is 460 g/mol. The predicted molar refractivity (Wildman–Crippen MR) is 141 cm³/mol. The van der Waals surface area contributed by atoms with Crippen molar-refractivity contribution in [3.63, 3.8) is 0 Å². The lowest BCUT2D eigenvalue weighted by Crippen LogP contribution is -2.28. The molecule has 0 aliphatic heterocycles. The molecule has 0 bridgehead atoms. The Hall–Kier alpha value is -4.25. The maximum Gasteiger partial charge on any atom is 0.294 e. The quantitative estimate of drug-likeness (QED) is 0.258. The Bertz CT molecular complexity index is 1390. The van der Waals surface area contributed by atoms with E-state index < -0.39 is 4.92 Å². The van der Waals surface area contributed by atoms with Gasteiger partial charge in [-0.3, -0.25) is 10.1 Å². The van der Waals surface area contributed by atoms with Gasteiger partial charge in [-0.1, -0.05) is 12.1 Å². The fourth-order valence-corrected chi connectivity index (χ4v) is 4.00. The van der Waals surface area contributed by atoms with Crippen molar-refractivity contribution < 1.29 is 9.66 Å². The molecule has 0 saturated heterocycles. The van der Waals surface area contributed by atoms with Crippen LogP contribution in [0.25, 0.3) is 22.6 Å². The number of hydrogen-bond donors (Lipinski definition) is 1. The van der Waals surface area contributed by atoms with Crippen LogP contribution in [0.2, 0.25) is 0 Å². The van der Waals surface area contributed by atoms with Gasteiger partial charge in [-0.15, -0.1) is 0 Å². The molecule has 0 aliphatic rings. The number of fused-ring (bicyclic) bond motifs is 1. The van der Waals surface area contributed by atoms with E-state index in [0.29, 0.717) is 29.4 Å². The summed E-state index contributed by atoms with van der Waals surface area (Å²) in [6, 6.07) is 12.8. The van der Waals surface area contributed by atoms with Gasteiger partial charge in [0.1, 0.15) is 17.1 Å². The fourth-order valence-electron chi connectivity index (χ4n) is 4.00. The van der Waals surface area contributed by atoms with Crippen molar-refractivity contribution in [2.45, 2.75) is 13.5 Å². The minimum absolute atomic E-state index is 0.0384. The summed E-state index contributed by atoms with van der Waals surface area (Å²) in [6.45, 7) is 4.15. The van der Waals surface area contributed by atoms with Gasteiger partial charge in [0.25, 0.3) is 5.69 Å². The number of nitro benzene ring substituents is 1. The number of hydrogen-bond acceptors (Lipinski definition) is 9. The molecule has 2 aromatic heterocycles. The van der Waals surface area contributed by atoms with E-state index in [-0.39, 0.29) is 11.6 Å². The van der Waals surface area contributed by atoms with E-state index in [4.69, 9.17) is 9.72 Å². The zero-order valence-electron chi connectivity index (χ0n) is 21.1. The number of nitrogens with zero attached hydrogens (tertiary/aromatic N) is 7. The highest BCUT2D eigenvalue weighted by Gasteiger charge is 2.22. The second-order valence-corrected chi connectivity index (χ2v) is 8.58. The Morgan fingerprint density at radius 2 is 1.89 bits per heavy atom. The molecule has 11 heteroatoms. The van der Waals surface area contributed by atoms with E-state index in [2.05, 4.69) is 26.8 Å². The highest BCUT2D eigenvalue weighted by molar-refractivity contribution is 5.80. The first kappa shape index (κ1) is 24.9. The van der Waals surface area contributed by atoms with Crippen LogP contribution in [-0.2, 0) is 6.54 Å². The molecule has 11 nitrogen and oxygen atoms in total. The Morgan fingerprint density at radius 1 is 1.11 bits per heavy atom. The number of aromatic nitrogens is 4. The third-order valence-electron chi connectivity index (χ3n) is 5.89. The SMILES string of the molecule is CCn1c(-c2ccnc(Nc3cc([N+](=O)[O-])c(N(C)CCN(C)C)cc3OC)n2)nc2ccccc21. The number of imidazole rings is 1. The monoisotopic (exact) mass is 490 g/mol. The fraction of sp³-hybridized carbons (Fsp3) is 0.320. The number of nitro groups is 1. The summed E-state index contributed by atoms with van der Waals surface area (Å²) in [6.07, 6.45) is 1.63. The summed E-state index contributed by atoms with van der Waals surface area (Å²) in [5.41, 5.74) is 3.37. The zero-order valence-corrected chi connectivity index (χ0v) is 21.1. The van der Waals surface area contributed by atoms with Crippen LogP contribution in [0.5, 0.6) is 5.75 Å². The van der Waals surface area contributed by atoms with Gasteiger partial charge in [0.2, 0.25) is 5.95 Å². The first-order valence-corrected chi connectivity index (χ1v) is 11.6. The first-order valence-electron chi connectivity index (χ1n) is 11.6. The molecule has 2 heterocycles. The van der Waals surface area contributed by atoms with E-state index in [1.165, 1.54) is 13.2 Å². The van der Waals surface area contributed by atoms with Crippen molar-refractivity contribution in [2.75, 3.05) is 51.6 Å². The molecule has 36 heavy (non-hydrogen) atoms. The topological polar surface area (TPSA) is 114 Å². The molecule has 188 valence electrons. The molecule has 0 unspecified atom stereocenters. The van der Waals surface area contributed by atoms with E-state index in [1.54, 1.807) is 18.3 Å². The zero-order chi connectivity index (χ0) is 25.8. The van der Waals surface area contributed by atoms with Crippen LogP contribution in [0.4, 0.5) is 23.0 Å². The van der Waals surface area contributed by atoms with Crippen molar-refractivity contribution in [1.82, 2.24) is 24.4 Å². The van der Waals surface area contributed by atoms with Gasteiger partial charge in [0, 0.05) is 45.0 Å². The number of rotatable bonds is 10. The van der Waals surface area contributed by atoms with Gasteiger partial charge in [-0.2, -0.15) is 0 Å². The van der Waals surface area contributed by atoms with Gasteiger partial charge < -0.3 is 24.4 Å². The first-order chi connectivity index (χ1) is 17.3. The van der Waals surface area contributed by atoms with Gasteiger partial charge in [0.15, 0.2) is 5.82 Å². The van der Waals surface area contributed by atoms with Crippen LogP contribution < -0.4 is 15.0 Å². The molecule has 2 aromatic carbocycles. The molecule has 4 aromatic rings. The van der Waals surface area contributed by atoms with Crippen LogP contribution in [0.15, 0.2) is 48.7 Å². The van der Waals surface area contributed by atoms with Gasteiger partial charge >= 0.3 is 0 Å². The molecule has 0 radical (unpaired) electrons. The number of methoxy groups -OCH3 is 1. The Labute approximate surface area is 209 Å². The minimum atomic E-state index is -0.396. The maximum absolute atomic E-state index is 11.9. The van der Waals surface area contributed by atoms with Crippen LogP contribution >= 0.6 is 0 Å². The van der Waals surface area contributed by atoms with E-state index in [9.17, 15) is 10.1 Å². The summed E-state index contributed by atoms with van der Waals surface area (Å²) in [4.78, 5) is 29.1. The smallest absolute Gasteiger partial charge is 0.294 e. The normalized spacial score (nSPS) is 11.2. The average Bonchev–Trinajstić information content (AvgIpc) is 3.26. The van der Waals surface area contributed by atoms with Gasteiger partial charge in [-0.05, 0) is 39.2 Å². The van der Waals surface area contributed by atoms with Gasteiger partial charge in [0.05, 0.1) is 28.8 Å². The Kier molecular flexibility index (Phi) is 7.30. The lowest BCUT2D eigenvalue weighted by molar-refractivity contribution is -0.384. The highest BCUT2D eigenvalue weighted by Crippen LogP contribution is 2.39. The molecular formula is C25H30N8O3. The summed E-state index contributed by atoms with van der Waals surface area (Å²) in [7, 11) is 7.26. The van der Waals surface area contributed by atoms with Crippen LogP contribution in [0.1, 0.15) is 6.92 Å². The number of aryl methyl sites for hydroxylation is 1. The van der Waals surface area contributed by atoms with E-state index in [0.717, 1.165) is 29.9 Å². The molecule has 0 atom stereocenters. The predicted octanol–water partition coefficient (Wildman–Crippen LogP) is 4.17. The molecule has 4 rings (SSSR count). The summed E-state index contributed by atoms with van der Waals surface area (Å²) in [5.74, 6) is 1.45. The lowest BCUT2D eigenvalue weighted by atomic mass is 10.2. The number of ether oxygens (including phenoxy) is 1. The maximum atomic E-state index is 11.9. The molecule has 0 fully saturated rings. The number of nitrogens with one attached hydrogen (secondary N) is 1.